The lowest BCUT2D eigenvalue weighted by atomic mass is 9.91. The molecule has 0 spiro atoms. The Bertz CT molecular complexity index is 718. The Morgan fingerprint density at radius 3 is 2.35 bits per heavy atom. The van der Waals surface area contributed by atoms with Crippen LogP contribution in [0.3, 0.4) is 0 Å². The first-order valence-electron chi connectivity index (χ1n) is 9.70. The fourth-order valence-corrected chi connectivity index (χ4v) is 4.08. The number of nitrogens with zero attached hydrogens (tertiary/aromatic N) is 2. The summed E-state index contributed by atoms with van der Waals surface area (Å²) in [6.07, 6.45) is 1.06. The third-order valence-electron chi connectivity index (χ3n) is 5.44. The van der Waals surface area contributed by atoms with Crippen molar-refractivity contribution in [2.75, 3.05) is 19.6 Å². The van der Waals surface area contributed by atoms with E-state index in [4.69, 9.17) is 0 Å². The largest absolute Gasteiger partial charge is 0.296 e. The van der Waals surface area contributed by atoms with Crippen LogP contribution in [0.4, 0.5) is 4.39 Å². The minimum Gasteiger partial charge on any atom is -0.296 e. The lowest BCUT2D eigenvalue weighted by Gasteiger charge is -2.48. The molecule has 0 aromatic heterocycles. The normalized spacial score (nSPS) is 19.7. The highest BCUT2D eigenvalue weighted by Gasteiger charge is 2.35. The molecule has 0 N–H and O–H groups in total. The van der Waals surface area contributed by atoms with Crippen LogP contribution in [0.15, 0.2) is 48.5 Å². The molecule has 1 aliphatic rings. The number of benzene rings is 2. The quantitative estimate of drug-likeness (QED) is 0.758. The Morgan fingerprint density at radius 2 is 1.69 bits per heavy atom. The van der Waals surface area contributed by atoms with Crippen molar-refractivity contribution in [2.24, 2.45) is 0 Å². The molecule has 26 heavy (non-hydrogen) atoms. The van der Waals surface area contributed by atoms with Crippen LogP contribution in [0.1, 0.15) is 50.4 Å². The van der Waals surface area contributed by atoms with E-state index in [9.17, 15) is 4.39 Å². The predicted octanol–water partition coefficient (Wildman–Crippen LogP) is 5.05. The first-order valence-corrected chi connectivity index (χ1v) is 9.70. The molecular formula is C23H31FN2. The van der Waals surface area contributed by atoms with Gasteiger partial charge >= 0.3 is 0 Å². The molecule has 2 nitrogen and oxygen atoms in total. The standard InChI is InChI=1S/C23H31FN2/c1-5-19-8-6-7-9-21(19)22-17-25(14-15-26(22)23(2,3)4)16-18-10-12-20(24)13-11-18/h6-13,22H,5,14-17H2,1-4H3. The summed E-state index contributed by atoms with van der Waals surface area (Å²) in [6.45, 7) is 13.1. The Labute approximate surface area is 157 Å². The summed E-state index contributed by atoms with van der Waals surface area (Å²) in [7, 11) is 0. The highest BCUT2D eigenvalue weighted by molar-refractivity contribution is 5.31. The fourth-order valence-electron chi connectivity index (χ4n) is 4.08. The van der Waals surface area contributed by atoms with Gasteiger partial charge in [0.25, 0.3) is 0 Å². The highest BCUT2D eigenvalue weighted by atomic mass is 19.1. The molecule has 0 amide bonds. The molecule has 1 saturated heterocycles. The van der Waals surface area contributed by atoms with Crippen LogP contribution in [-0.2, 0) is 13.0 Å². The average Bonchev–Trinajstić information content (AvgIpc) is 2.62. The third kappa shape index (κ3) is 4.33. The lowest BCUT2D eigenvalue weighted by Crippen LogP contribution is -2.54. The second-order valence-corrected chi connectivity index (χ2v) is 8.29. The van der Waals surface area contributed by atoms with E-state index in [1.165, 1.54) is 16.7 Å². The van der Waals surface area contributed by atoms with E-state index in [1.54, 1.807) is 12.1 Å². The summed E-state index contributed by atoms with van der Waals surface area (Å²) in [5.74, 6) is -0.166. The van der Waals surface area contributed by atoms with Gasteiger partial charge in [-0.2, -0.15) is 0 Å². The Balaban J connectivity index is 1.85. The van der Waals surface area contributed by atoms with Crippen LogP contribution in [-0.4, -0.2) is 35.0 Å². The highest BCUT2D eigenvalue weighted by Crippen LogP contribution is 2.34. The third-order valence-corrected chi connectivity index (χ3v) is 5.44. The van der Waals surface area contributed by atoms with E-state index < -0.39 is 0 Å². The van der Waals surface area contributed by atoms with E-state index in [2.05, 4.69) is 61.8 Å². The van der Waals surface area contributed by atoms with Crippen LogP contribution in [0.25, 0.3) is 0 Å². The summed E-state index contributed by atoms with van der Waals surface area (Å²) in [5.41, 5.74) is 4.20. The molecule has 0 aliphatic carbocycles. The van der Waals surface area contributed by atoms with Crippen LogP contribution in [0.2, 0.25) is 0 Å². The van der Waals surface area contributed by atoms with Gasteiger partial charge in [-0.15, -0.1) is 0 Å². The smallest absolute Gasteiger partial charge is 0.123 e. The van der Waals surface area contributed by atoms with Crippen LogP contribution in [0, 0.1) is 5.82 Å². The molecule has 0 radical (unpaired) electrons. The maximum atomic E-state index is 13.2. The lowest BCUT2D eigenvalue weighted by molar-refractivity contribution is 0.00564. The van der Waals surface area contributed by atoms with Gasteiger partial charge in [-0.25, -0.2) is 4.39 Å². The van der Waals surface area contributed by atoms with Crippen molar-refractivity contribution in [3.05, 3.63) is 71.0 Å². The first-order chi connectivity index (χ1) is 12.4. The van der Waals surface area contributed by atoms with Crippen molar-refractivity contribution < 1.29 is 4.39 Å². The minimum atomic E-state index is -0.166. The zero-order valence-corrected chi connectivity index (χ0v) is 16.5. The SMILES string of the molecule is CCc1ccccc1C1CN(Cc2ccc(F)cc2)CCN1C(C)(C)C. The van der Waals surface area contributed by atoms with E-state index >= 15 is 0 Å². The van der Waals surface area contributed by atoms with Gasteiger partial charge < -0.3 is 0 Å². The summed E-state index contributed by atoms with van der Waals surface area (Å²) in [4.78, 5) is 5.15. The molecule has 0 saturated carbocycles. The van der Waals surface area contributed by atoms with E-state index in [-0.39, 0.29) is 11.4 Å². The predicted molar refractivity (Wildman–Crippen MR) is 107 cm³/mol. The molecule has 1 unspecified atom stereocenters. The van der Waals surface area contributed by atoms with E-state index in [1.807, 2.05) is 12.1 Å². The Kier molecular flexibility index (Phi) is 5.79. The van der Waals surface area contributed by atoms with Crippen molar-refractivity contribution in [1.82, 2.24) is 9.80 Å². The van der Waals surface area contributed by atoms with Gasteiger partial charge in [0.15, 0.2) is 0 Å². The van der Waals surface area contributed by atoms with Gasteiger partial charge in [0.05, 0.1) is 0 Å². The number of hydrogen-bond donors (Lipinski definition) is 0. The Morgan fingerprint density at radius 1 is 1.00 bits per heavy atom. The van der Waals surface area contributed by atoms with Crippen molar-refractivity contribution in [3.63, 3.8) is 0 Å². The summed E-state index contributed by atoms with van der Waals surface area (Å²) < 4.78 is 13.2. The van der Waals surface area contributed by atoms with Gasteiger partial charge in [-0.05, 0) is 56.0 Å². The molecule has 2 aromatic carbocycles. The van der Waals surface area contributed by atoms with Crippen molar-refractivity contribution in [3.8, 4) is 0 Å². The number of aryl methyl sites for hydroxylation is 1. The van der Waals surface area contributed by atoms with Crippen molar-refractivity contribution in [2.45, 2.75) is 52.2 Å². The first kappa shape index (κ1) is 19.1. The number of rotatable bonds is 4. The molecule has 1 aliphatic heterocycles. The number of piperazine rings is 1. The molecule has 140 valence electrons. The second kappa shape index (κ2) is 7.89. The van der Waals surface area contributed by atoms with Crippen molar-refractivity contribution in [1.29, 1.82) is 0 Å². The maximum absolute atomic E-state index is 13.2. The summed E-state index contributed by atoms with van der Waals surface area (Å²) in [5, 5.41) is 0. The van der Waals surface area contributed by atoms with Gasteiger partial charge in [0, 0.05) is 37.8 Å². The van der Waals surface area contributed by atoms with Gasteiger partial charge in [0.1, 0.15) is 5.82 Å². The van der Waals surface area contributed by atoms with Gasteiger partial charge in [-0.1, -0.05) is 43.3 Å². The molecule has 3 heteroatoms. The molecule has 3 rings (SSSR count). The maximum Gasteiger partial charge on any atom is 0.123 e. The zero-order chi connectivity index (χ0) is 18.7. The fraction of sp³-hybridized carbons (Fsp3) is 0.478. The van der Waals surface area contributed by atoms with Crippen molar-refractivity contribution >= 4 is 0 Å². The van der Waals surface area contributed by atoms with Crippen LogP contribution < -0.4 is 0 Å². The van der Waals surface area contributed by atoms with Gasteiger partial charge in [-0.3, -0.25) is 9.80 Å². The van der Waals surface area contributed by atoms with Gasteiger partial charge in [0.2, 0.25) is 0 Å². The molecule has 1 heterocycles. The second-order valence-electron chi connectivity index (χ2n) is 8.29. The minimum absolute atomic E-state index is 0.132. The summed E-state index contributed by atoms with van der Waals surface area (Å²) in [6, 6.07) is 16.2. The molecule has 1 atom stereocenters. The molecule has 0 bridgehead atoms. The van der Waals surface area contributed by atoms with E-state index in [0.29, 0.717) is 6.04 Å². The molecule has 2 aromatic rings. The zero-order valence-electron chi connectivity index (χ0n) is 16.5. The Hall–Kier alpha value is -1.71. The average molecular weight is 355 g/mol. The molecular weight excluding hydrogens is 323 g/mol. The van der Waals surface area contributed by atoms with Crippen LogP contribution >= 0.6 is 0 Å². The summed E-state index contributed by atoms with van der Waals surface area (Å²) >= 11 is 0. The van der Waals surface area contributed by atoms with E-state index in [0.717, 1.165) is 32.6 Å². The number of halogens is 1. The van der Waals surface area contributed by atoms with Crippen LogP contribution in [0.5, 0.6) is 0 Å². The molecule has 1 fully saturated rings. The monoisotopic (exact) mass is 354 g/mol. The number of hydrogen-bond acceptors (Lipinski definition) is 2. The topological polar surface area (TPSA) is 6.48 Å².